The molecular formula is C28H40ClFN2O2. The molecule has 6 heteroatoms. The molecule has 4 fully saturated rings. The van der Waals surface area contributed by atoms with E-state index in [4.69, 9.17) is 17.3 Å². The summed E-state index contributed by atoms with van der Waals surface area (Å²) in [6, 6.07) is 3.00. The van der Waals surface area contributed by atoms with Crippen LogP contribution in [-0.2, 0) is 4.79 Å². The van der Waals surface area contributed by atoms with Gasteiger partial charge in [0.25, 0.3) is 0 Å². The Kier molecular flexibility index (Phi) is 6.00. The lowest BCUT2D eigenvalue weighted by Crippen LogP contribution is -2.55. The number of anilines is 2. The highest BCUT2D eigenvalue weighted by atomic mass is 35.5. The monoisotopic (exact) mass is 490 g/mol. The van der Waals surface area contributed by atoms with Gasteiger partial charge in [-0.3, -0.25) is 4.79 Å². The van der Waals surface area contributed by atoms with Crippen molar-refractivity contribution in [2.75, 3.05) is 17.6 Å². The highest BCUT2D eigenvalue weighted by molar-refractivity contribution is 6.31. The first-order valence-corrected chi connectivity index (χ1v) is 13.6. The zero-order valence-electron chi connectivity index (χ0n) is 20.8. The van der Waals surface area contributed by atoms with Crippen LogP contribution in [-0.4, -0.2) is 23.0 Å². The van der Waals surface area contributed by atoms with Crippen molar-refractivity contribution in [2.24, 2.45) is 40.4 Å². The summed E-state index contributed by atoms with van der Waals surface area (Å²) in [4.78, 5) is 13.4. The number of carbonyl (C=O) groups excluding carboxylic acids is 1. The van der Waals surface area contributed by atoms with Gasteiger partial charge in [0, 0.05) is 5.92 Å². The summed E-state index contributed by atoms with van der Waals surface area (Å²) in [7, 11) is 0. The number of Topliss-reactive ketones (excluding diaryl/α,β-unsaturated/α-hetero) is 1. The molecule has 34 heavy (non-hydrogen) atoms. The zero-order chi connectivity index (χ0) is 24.5. The van der Waals surface area contributed by atoms with Gasteiger partial charge >= 0.3 is 0 Å². The summed E-state index contributed by atoms with van der Waals surface area (Å²) >= 11 is 5.91. The number of fused-ring (bicyclic) bond motifs is 5. The molecule has 0 amide bonds. The molecule has 0 aromatic heterocycles. The highest BCUT2D eigenvalue weighted by Crippen LogP contribution is 2.68. The quantitative estimate of drug-likeness (QED) is 0.424. The van der Waals surface area contributed by atoms with Crippen molar-refractivity contribution in [1.82, 2.24) is 0 Å². The average molecular weight is 491 g/mol. The molecule has 4 saturated carbocycles. The van der Waals surface area contributed by atoms with Gasteiger partial charge in [0.1, 0.15) is 0 Å². The molecule has 4 aliphatic carbocycles. The molecule has 0 saturated heterocycles. The molecule has 8 atom stereocenters. The molecule has 0 heterocycles. The molecule has 0 aliphatic heterocycles. The van der Waals surface area contributed by atoms with E-state index >= 15 is 0 Å². The van der Waals surface area contributed by atoms with E-state index in [1.54, 1.807) is 6.07 Å². The minimum atomic E-state index is -0.595. The Hall–Kier alpha value is -1.33. The van der Waals surface area contributed by atoms with Crippen LogP contribution < -0.4 is 11.1 Å². The molecule has 1 aromatic carbocycles. The summed E-state index contributed by atoms with van der Waals surface area (Å²) in [5, 5.41) is 13.7. The lowest BCUT2D eigenvalue weighted by atomic mass is 9.44. The van der Waals surface area contributed by atoms with Crippen molar-refractivity contribution in [1.29, 1.82) is 0 Å². The van der Waals surface area contributed by atoms with E-state index in [0.29, 0.717) is 29.1 Å². The van der Waals surface area contributed by atoms with Crippen LogP contribution in [0.25, 0.3) is 0 Å². The van der Waals surface area contributed by atoms with Gasteiger partial charge in [0.15, 0.2) is 11.6 Å². The molecule has 0 spiro atoms. The molecule has 4 nitrogen and oxygen atoms in total. The number of benzene rings is 1. The first-order valence-electron chi connectivity index (χ1n) is 13.2. The van der Waals surface area contributed by atoms with E-state index in [2.05, 4.69) is 19.2 Å². The van der Waals surface area contributed by atoms with Crippen LogP contribution in [0.15, 0.2) is 12.1 Å². The molecule has 188 valence electrons. The molecule has 0 unspecified atom stereocenters. The number of nitrogens with two attached hydrogens (primary N) is 1. The van der Waals surface area contributed by atoms with Crippen molar-refractivity contribution >= 4 is 28.8 Å². The first kappa shape index (κ1) is 24.4. The van der Waals surface area contributed by atoms with Crippen molar-refractivity contribution in [3.63, 3.8) is 0 Å². The minimum Gasteiger partial charge on any atom is -0.397 e. The zero-order valence-corrected chi connectivity index (χ0v) is 21.6. The van der Waals surface area contributed by atoms with Crippen LogP contribution in [0.5, 0.6) is 0 Å². The third-order valence-electron chi connectivity index (χ3n) is 10.9. The fourth-order valence-corrected chi connectivity index (χ4v) is 9.16. The van der Waals surface area contributed by atoms with Gasteiger partial charge in [-0.2, -0.15) is 0 Å². The van der Waals surface area contributed by atoms with Gasteiger partial charge in [-0.05, 0) is 111 Å². The summed E-state index contributed by atoms with van der Waals surface area (Å²) in [5.74, 6) is 2.14. The lowest BCUT2D eigenvalue weighted by molar-refractivity contribution is -0.150. The van der Waals surface area contributed by atoms with E-state index in [1.807, 2.05) is 6.92 Å². The van der Waals surface area contributed by atoms with E-state index in [9.17, 15) is 14.3 Å². The first-order chi connectivity index (χ1) is 16.0. The number of ketones is 1. The van der Waals surface area contributed by atoms with Crippen molar-refractivity contribution in [3.05, 3.63) is 23.0 Å². The van der Waals surface area contributed by atoms with E-state index in [1.165, 1.54) is 25.3 Å². The highest BCUT2D eigenvalue weighted by Gasteiger charge is 2.61. The second kappa shape index (κ2) is 8.37. The number of aliphatic hydroxyl groups is 1. The summed E-state index contributed by atoms with van der Waals surface area (Å²) in [5.41, 5.74) is 6.15. The van der Waals surface area contributed by atoms with Gasteiger partial charge < -0.3 is 16.2 Å². The fraction of sp³-hybridized carbons (Fsp3) is 0.750. The summed E-state index contributed by atoms with van der Waals surface area (Å²) in [6.45, 7) is 6.94. The van der Waals surface area contributed by atoms with Gasteiger partial charge in [0.2, 0.25) is 0 Å². The molecule has 4 N–H and O–H groups in total. The molecule has 4 aliphatic rings. The number of carbonyl (C=O) groups is 1. The smallest absolute Gasteiger partial charge is 0.166 e. The Morgan fingerprint density at radius 3 is 2.59 bits per heavy atom. The van der Waals surface area contributed by atoms with E-state index in [-0.39, 0.29) is 40.1 Å². The number of hydrogen-bond acceptors (Lipinski definition) is 4. The Bertz CT molecular complexity index is 983. The summed E-state index contributed by atoms with van der Waals surface area (Å²) < 4.78 is 14.4. The maximum atomic E-state index is 14.4. The SMILES string of the molecule is C[C@@]1(O)CC[C@@]2(C)[C@@H](CC[C@@H]3[C@@H]2CC[C@]2(C)[C@@H](C(=O)CNc4c(N)ccc(Cl)c4F)CC[C@@H]32)C1. The van der Waals surface area contributed by atoms with Crippen molar-refractivity contribution in [2.45, 2.75) is 84.2 Å². The third-order valence-corrected chi connectivity index (χ3v) is 11.2. The van der Waals surface area contributed by atoms with Crippen molar-refractivity contribution in [3.8, 4) is 0 Å². The largest absolute Gasteiger partial charge is 0.397 e. The van der Waals surface area contributed by atoms with Gasteiger partial charge in [-0.25, -0.2) is 4.39 Å². The number of halogens is 2. The Labute approximate surface area is 208 Å². The number of nitrogens with one attached hydrogen (secondary N) is 1. The van der Waals surface area contributed by atoms with Gasteiger partial charge in [0.05, 0.1) is 28.5 Å². The van der Waals surface area contributed by atoms with Gasteiger partial charge in [-0.15, -0.1) is 0 Å². The van der Waals surface area contributed by atoms with Crippen molar-refractivity contribution < 1.29 is 14.3 Å². The van der Waals surface area contributed by atoms with Crippen LogP contribution in [0.3, 0.4) is 0 Å². The second-order valence-corrected chi connectivity index (χ2v) is 13.1. The number of hydrogen-bond donors (Lipinski definition) is 3. The Morgan fingerprint density at radius 1 is 1.09 bits per heavy atom. The number of nitrogen functional groups attached to an aromatic ring is 1. The van der Waals surface area contributed by atoms with Crippen LogP contribution in [0, 0.1) is 46.2 Å². The third kappa shape index (κ3) is 3.77. The van der Waals surface area contributed by atoms with E-state index in [0.717, 1.165) is 38.5 Å². The van der Waals surface area contributed by atoms with Crippen LogP contribution in [0.4, 0.5) is 15.8 Å². The molecule has 0 radical (unpaired) electrons. The standard InChI is InChI=1S/C28H40ClFN2O2/c1-26(34)12-13-27(2)16(14-26)4-5-17-18-6-7-20(28(18,3)11-10-19(17)27)23(33)15-32-25-22(31)9-8-21(29)24(25)30/h8-9,16-20,32,34H,4-7,10-15,31H2,1-3H3/t16-,17-,18-,19-,20+,26+,27-,28-/m0/s1. The topological polar surface area (TPSA) is 75.3 Å². The number of rotatable bonds is 4. The predicted molar refractivity (Wildman–Crippen MR) is 135 cm³/mol. The maximum Gasteiger partial charge on any atom is 0.166 e. The van der Waals surface area contributed by atoms with Gasteiger partial charge in [-0.1, -0.05) is 25.4 Å². The van der Waals surface area contributed by atoms with Crippen LogP contribution >= 0.6 is 11.6 Å². The molecule has 1 aromatic rings. The van der Waals surface area contributed by atoms with Crippen LogP contribution in [0.1, 0.15) is 78.6 Å². The Morgan fingerprint density at radius 2 is 1.82 bits per heavy atom. The van der Waals surface area contributed by atoms with Crippen LogP contribution in [0.2, 0.25) is 5.02 Å². The van der Waals surface area contributed by atoms with E-state index < -0.39 is 11.4 Å². The average Bonchev–Trinajstić information content (AvgIpc) is 3.14. The molecule has 5 rings (SSSR count). The maximum absolute atomic E-state index is 14.4. The Balaban J connectivity index is 1.30. The lowest BCUT2D eigenvalue weighted by Gasteiger charge is -2.61. The fourth-order valence-electron chi connectivity index (χ4n) is 9.00. The minimum absolute atomic E-state index is 0.00341. The second-order valence-electron chi connectivity index (χ2n) is 12.7. The predicted octanol–water partition coefficient (Wildman–Crippen LogP) is 6.45. The summed E-state index contributed by atoms with van der Waals surface area (Å²) in [6.07, 6.45) is 9.69. The molecular weight excluding hydrogens is 451 g/mol. The normalized spacial score (nSPS) is 43.5. The molecule has 0 bridgehead atoms.